The minimum atomic E-state index is -0.319. The van der Waals surface area contributed by atoms with Gasteiger partial charge in [-0.05, 0) is 30.3 Å². The number of hydrogen-bond acceptors (Lipinski definition) is 4. The van der Waals surface area contributed by atoms with E-state index < -0.39 is 0 Å². The molecule has 0 spiro atoms. The number of carbonyl (C=O) groups is 2. The van der Waals surface area contributed by atoms with Gasteiger partial charge in [-0.1, -0.05) is 22.0 Å². The summed E-state index contributed by atoms with van der Waals surface area (Å²) in [6, 6.07) is 12.2. The van der Waals surface area contributed by atoms with Gasteiger partial charge in [0.15, 0.2) is 5.58 Å². The van der Waals surface area contributed by atoms with Crippen molar-refractivity contribution in [2.75, 3.05) is 10.6 Å². The van der Waals surface area contributed by atoms with E-state index in [9.17, 15) is 9.59 Å². The normalized spacial score (nSPS) is 10.5. The number of rotatable bonds is 3. The van der Waals surface area contributed by atoms with Crippen LogP contribution in [0.5, 0.6) is 0 Å². The zero-order valence-electron chi connectivity index (χ0n) is 12.1. The van der Waals surface area contributed by atoms with Gasteiger partial charge < -0.3 is 9.73 Å². The van der Waals surface area contributed by atoms with Crippen LogP contribution in [0.3, 0.4) is 0 Å². The number of halogens is 1. The molecule has 7 heteroatoms. The maximum Gasteiger partial charge on any atom is 0.302 e. The Morgan fingerprint density at radius 2 is 1.96 bits per heavy atom. The summed E-state index contributed by atoms with van der Waals surface area (Å²) in [5.41, 5.74) is 2.15. The lowest BCUT2D eigenvalue weighted by molar-refractivity contribution is -0.114. The van der Waals surface area contributed by atoms with Crippen LogP contribution in [0.4, 0.5) is 11.7 Å². The summed E-state index contributed by atoms with van der Waals surface area (Å²) < 4.78 is 6.31. The van der Waals surface area contributed by atoms with Crippen LogP contribution in [0.15, 0.2) is 51.4 Å². The van der Waals surface area contributed by atoms with Crippen LogP contribution in [0.1, 0.15) is 17.3 Å². The van der Waals surface area contributed by atoms with Gasteiger partial charge in [0.1, 0.15) is 5.52 Å². The third kappa shape index (κ3) is 3.57. The fourth-order valence-electron chi connectivity index (χ4n) is 2.06. The van der Waals surface area contributed by atoms with Crippen LogP contribution in [-0.2, 0) is 4.79 Å². The number of oxazole rings is 1. The number of benzene rings is 2. The van der Waals surface area contributed by atoms with E-state index in [2.05, 4.69) is 31.5 Å². The lowest BCUT2D eigenvalue weighted by atomic mass is 10.2. The highest BCUT2D eigenvalue weighted by atomic mass is 79.9. The smallest absolute Gasteiger partial charge is 0.302 e. The van der Waals surface area contributed by atoms with Crippen LogP contribution in [0, 0.1) is 0 Å². The number of aromatic nitrogens is 1. The van der Waals surface area contributed by atoms with Crippen molar-refractivity contribution < 1.29 is 14.0 Å². The highest BCUT2D eigenvalue weighted by Gasteiger charge is 2.12. The molecule has 0 saturated heterocycles. The van der Waals surface area contributed by atoms with Gasteiger partial charge in [0.2, 0.25) is 5.91 Å². The van der Waals surface area contributed by atoms with Crippen LogP contribution < -0.4 is 10.6 Å². The molecule has 6 nitrogen and oxygen atoms in total. The largest absolute Gasteiger partial charge is 0.423 e. The number of hydrogen-bond donors (Lipinski definition) is 2. The Labute approximate surface area is 140 Å². The minimum absolute atomic E-state index is 0.102. The van der Waals surface area contributed by atoms with Crippen molar-refractivity contribution in [1.82, 2.24) is 4.98 Å². The molecular weight excluding hydrogens is 362 g/mol. The Hall–Kier alpha value is -2.67. The van der Waals surface area contributed by atoms with Crippen molar-refractivity contribution in [1.29, 1.82) is 0 Å². The molecule has 3 rings (SSSR count). The molecule has 0 radical (unpaired) electrons. The minimum Gasteiger partial charge on any atom is -0.423 e. The van der Waals surface area contributed by atoms with Gasteiger partial charge in [0, 0.05) is 28.7 Å². The molecule has 0 unspecified atom stereocenters. The molecule has 3 aromatic rings. The number of carbonyl (C=O) groups excluding carboxylic acids is 2. The van der Waals surface area contributed by atoms with E-state index in [0.29, 0.717) is 22.4 Å². The molecule has 1 aromatic heterocycles. The Bertz CT molecular complexity index is 904. The van der Waals surface area contributed by atoms with Crippen LogP contribution in [0.25, 0.3) is 11.1 Å². The van der Waals surface area contributed by atoms with Crippen LogP contribution in [0.2, 0.25) is 0 Å². The fourth-order valence-corrected chi connectivity index (χ4v) is 2.46. The van der Waals surface area contributed by atoms with Gasteiger partial charge in [-0.15, -0.1) is 0 Å². The molecule has 2 aromatic carbocycles. The number of nitrogens with zero attached hydrogens (tertiary/aromatic N) is 1. The molecule has 0 bridgehead atoms. The van der Waals surface area contributed by atoms with Crippen molar-refractivity contribution in [3.63, 3.8) is 0 Å². The molecule has 0 aliphatic carbocycles. The van der Waals surface area contributed by atoms with Crippen molar-refractivity contribution >= 4 is 50.5 Å². The molecule has 116 valence electrons. The molecule has 0 saturated carbocycles. The SMILES string of the molecule is CC(=O)Nc1ccc2nc(NC(=O)c3cccc(Br)c3)oc2c1. The summed E-state index contributed by atoms with van der Waals surface area (Å²) in [5, 5.41) is 5.27. The molecule has 23 heavy (non-hydrogen) atoms. The standard InChI is InChI=1S/C16H12BrN3O3/c1-9(21)18-12-5-6-13-14(8-12)23-16(19-13)20-15(22)10-3-2-4-11(17)7-10/h2-8H,1H3,(H,18,21)(H,19,20,22). The fraction of sp³-hybridized carbons (Fsp3) is 0.0625. The average Bonchev–Trinajstić information content (AvgIpc) is 2.88. The second-order valence-electron chi connectivity index (χ2n) is 4.85. The Morgan fingerprint density at radius 3 is 2.70 bits per heavy atom. The monoisotopic (exact) mass is 373 g/mol. The van der Waals surface area contributed by atoms with Gasteiger partial charge in [-0.2, -0.15) is 4.98 Å². The summed E-state index contributed by atoms with van der Waals surface area (Å²) in [5.74, 6) is -0.494. The van der Waals surface area contributed by atoms with E-state index in [1.807, 2.05) is 6.07 Å². The highest BCUT2D eigenvalue weighted by molar-refractivity contribution is 9.10. The summed E-state index contributed by atoms with van der Waals surface area (Å²) >= 11 is 3.32. The lowest BCUT2D eigenvalue weighted by Crippen LogP contribution is -2.11. The number of fused-ring (bicyclic) bond motifs is 1. The first kappa shape index (κ1) is 15.2. The summed E-state index contributed by atoms with van der Waals surface area (Å²) in [6.07, 6.45) is 0. The molecule has 1 heterocycles. The van der Waals surface area contributed by atoms with Gasteiger partial charge in [0.05, 0.1) is 0 Å². The van der Waals surface area contributed by atoms with Gasteiger partial charge in [0.25, 0.3) is 5.91 Å². The van der Waals surface area contributed by atoms with E-state index in [4.69, 9.17) is 4.42 Å². The molecule has 0 aliphatic heterocycles. The molecule has 2 N–H and O–H groups in total. The Kier molecular flexibility index (Phi) is 4.12. The second-order valence-corrected chi connectivity index (χ2v) is 5.76. The van der Waals surface area contributed by atoms with E-state index in [1.54, 1.807) is 36.4 Å². The van der Waals surface area contributed by atoms with E-state index in [1.165, 1.54) is 6.92 Å². The number of anilines is 2. The van der Waals surface area contributed by atoms with Gasteiger partial charge in [-0.25, -0.2) is 0 Å². The zero-order chi connectivity index (χ0) is 16.4. The van der Waals surface area contributed by atoms with Crippen molar-refractivity contribution in [3.05, 3.63) is 52.5 Å². The molecular formula is C16H12BrN3O3. The maximum absolute atomic E-state index is 12.2. The first-order valence-corrected chi connectivity index (χ1v) is 7.56. The average molecular weight is 374 g/mol. The third-order valence-corrected chi connectivity index (χ3v) is 3.51. The molecule has 0 fully saturated rings. The molecule has 0 aliphatic rings. The Balaban J connectivity index is 1.83. The predicted octanol–water partition coefficient (Wildman–Crippen LogP) is 3.80. The summed E-state index contributed by atoms with van der Waals surface area (Å²) in [6.45, 7) is 1.42. The van der Waals surface area contributed by atoms with Crippen LogP contribution >= 0.6 is 15.9 Å². The van der Waals surface area contributed by atoms with Crippen molar-refractivity contribution in [2.45, 2.75) is 6.92 Å². The molecule has 0 atom stereocenters. The Morgan fingerprint density at radius 1 is 1.13 bits per heavy atom. The zero-order valence-corrected chi connectivity index (χ0v) is 13.7. The highest BCUT2D eigenvalue weighted by Crippen LogP contribution is 2.23. The second kappa shape index (κ2) is 6.21. The van der Waals surface area contributed by atoms with Crippen molar-refractivity contribution in [2.24, 2.45) is 0 Å². The lowest BCUT2D eigenvalue weighted by Gasteiger charge is -2.01. The first-order valence-electron chi connectivity index (χ1n) is 6.76. The van der Waals surface area contributed by atoms with E-state index in [-0.39, 0.29) is 17.8 Å². The number of amides is 2. The molecule has 2 amide bonds. The first-order chi connectivity index (χ1) is 11.0. The van der Waals surface area contributed by atoms with Gasteiger partial charge in [-0.3, -0.25) is 14.9 Å². The summed E-state index contributed by atoms with van der Waals surface area (Å²) in [7, 11) is 0. The van der Waals surface area contributed by atoms with Crippen LogP contribution in [-0.4, -0.2) is 16.8 Å². The maximum atomic E-state index is 12.2. The van der Waals surface area contributed by atoms with E-state index >= 15 is 0 Å². The number of nitrogens with one attached hydrogen (secondary N) is 2. The van der Waals surface area contributed by atoms with E-state index in [0.717, 1.165) is 4.47 Å². The summed E-state index contributed by atoms with van der Waals surface area (Å²) in [4.78, 5) is 27.4. The van der Waals surface area contributed by atoms with Crippen molar-refractivity contribution in [3.8, 4) is 0 Å². The van der Waals surface area contributed by atoms with Gasteiger partial charge >= 0.3 is 6.01 Å². The quantitative estimate of drug-likeness (QED) is 0.731. The predicted molar refractivity (Wildman–Crippen MR) is 90.4 cm³/mol. The topological polar surface area (TPSA) is 84.2 Å². The third-order valence-electron chi connectivity index (χ3n) is 3.02.